The van der Waals surface area contributed by atoms with Gasteiger partial charge in [0.2, 0.25) is 5.91 Å². The van der Waals surface area contributed by atoms with Crippen molar-refractivity contribution in [1.82, 2.24) is 4.90 Å². The second kappa shape index (κ2) is 8.28. The molecule has 2 heterocycles. The molecule has 5 heteroatoms. The quantitative estimate of drug-likeness (QED) is 0.473. The first-order chi connectivity index (χ1) is 16.6. The maximum absolute atomic E-state index is 13.9. The van der Waals surface area contributed by atoms with Crippen LogP contribution in [0.15, 0.2) is 72.8 Å². The Kier molecular flexibility index (Phi) is 5.22. The summed E-state index contributed by atoms with van der Waals surface area (Å²) in [5.74, 6) is 0.410. The molecule has 2 aliphatic heterocycles. The summed E-state index contributed by atoms with van der Waals surface area (Å²) in [7, 11) is 0. The highest BCUT2D eigenvalue weighted by molar-refractivity contribution is 6.30. The lowest BCUT2D eigenvalue weighted by molar-refractivity contribution is -0.120. The second-order valence-corrected chi connectivity index (χ2v) is 10.2. The zero-order valence-electron chi connectivity index (χ0n) is 19.0. The van der Waals surface area contributed by atoms with E-state index in [9.17, 15) is 9.59 Å². The summed E-state index contributed by atoms with van der Waals surface area (Å²) in [5, 5.41) is 0.706. The van der Waals surface area contributed by atoms with E-state index in [1.807, 2.05) is 76.5 Å². The summed E-state index contributed by atoms with van der Waals surface area (Å²) in [6.45, 7) is 2.12. The fourth-order valence-corrected chi connectivity index (χ4v) is 5.99. The van der Waals surface area contributed by atoms with Crippen LogP contribution in [0, 0.1) is 0 Å². The van der Waals surface area contributed by atoms with Crippen molar-refractivity contribution in [3.8, 4) is 0 Å². The molecule has 3 aromatic rings. The third kappa shape index (κ3) is 3.43. The van der Waals surface area contributed by atoms with Gasteiger partial charge in [0.05, 0.1) is 12.0 Å². The number of fused-ring (bicyclic) bond motifs is 2. The summed E-state index contributed by atoms with van der Waals surface area (Å²) in [6.07, 6.45) is 4.15. The molecule has 2 fully saturated rings. The van der Waals surface area contributed by atoms with Gasteiger partial charge in [-0.3, -0.25) is 9.59 Å². The topological polar surface area (TPSA) is 40.6 Å². The van der Waals surface area contributed by atoms with Crippen LogP contribution in [0.4, 0.5) is 5.69 Å². The molecule has 1 aliphatic carbocycles. The van der Waals surface area contributed by atoms with Gasteiger partial charge in [-0.2, -0.15) is 0 Å². The number of para-hydroxylation sites is 1. The van der Waals surface area contributed by atoms with Crippen molar-refractivity contribution in [2.45, 2.75) is 43.6 Å². The first-order valence-electron chi connectivity index (χ1n) is 12.1. The Hall–Kier alpha value is -3.11. The van der Waals surface area contributed by atoms with Crippen LogP contribution in [-0.4, -0.2) is 29.8 Å². The van der Waals surface area contributed by atoms with Crippen molar-refractivity contribution in [3.05, 3.63) is 100 Å². The summed E-state index contributed by atoms with van der Waals surface area (Å²) in [6, 6.07) is 23.8. The van der Waals surface area contributed by atoms with E-state index in [1.165, 1.54) is 6.42 Å². The van der Waals surface area contributed by atoms with Gasteiger partial charge in [0.1, 0.15) is 0 Å². The zero-order chi connectivity index (χ0) is 23.3. The number of halogens is 1. The number of nitrogens with zero attached hydrogens (tertiary/aromatic N) is 2. The third-order valence-electron chi connectivity index (χ3n) is 7.69. The van der Waals surface area contributed by atoms with Crippen LogP contribution >= 0.6 is 11.6 Å². The van der Waals surface area contributed by atoms with Crippen molar-refractivity contribution in [2.24, 2.45) is 0 Å². The molecule has 4 nitrogen and oxygen atoms in total. The lowest BCUT2D eigenvalue weighted by Gasteiger charge is -2.27. The Morgan fingerprint density at radius 1 is 0.941 bits per heavy atom. The number of benzene rings is 3. The van der Waals surface area contributed by atoms with E-state index in [-0.39, 0.29) is 17.7 Å². The third-order valence-corrected chi connectivity index (χ3v) is 7.95. The molecule has 1 spiro atoms. The molecule has 0 aromatic heterocycles. The molecular formula is C29H27ClN2O2. The Bertz CT molecular complexity index is 1270. The lowest BCUT2D eigenvalue weighted by atomic mass is 9.92. The van der Waals surface area contributed by atoms with Crippen LogP contribution in [0.25, 0.3) is 0 Å². The smallest absolute Gasteiger partial charge is 0.253 e. The van der Waals surface area contributed by atoms with Crippen LogP contribution in [0.5, 0.6) is 0 Å². The minimum absolute atomic E-state index is 0.0937. The highest BCUT2D eigenvalue weighted by Crippen LogP contribution is 2.66. The Labute approximate surface area is 205 Å². The van der Waals surface area contributed by atoms with Gasteiger partial charge in [0.25, 0.3) is 5.91 Å². The fraction of sp³-hybridized carbons (Fsp3) is 0.310. The lowest BCUT2D eigenvalue weighted by Crippen LogP contribution is -2.35. The average Bonchev–Trinajstić information content (AvgIpc) is 3.59. The van der Waals surface area contributed by atoms with Gasteiger partial charge in [-0.15, -0.1) is 0 Å². The Morgan fingerprint density at radius 3 is 2.50 bits per heavy atom. The number of carbonyl (C=O) groups excluding carboxylic acids is 2. The van der Waals surface area contributed by atoms with Crippen LogP contribution in [0.1, 0.15) is 58.6 Å². The SMILES string of the molecule is O=C(c1cccc(CN2C(=O)C3(CC3c3ccc(Cl)cc3)c3ccccc32)c1)N1CCCCC1. The van der Waals surface area contributed by atoms with Crippen molar-refractivity contribution >= 4 is 29.1 Å². The van der Waals surface area contributed by atoms with E-state index in [1.54, 1.807) is 0 Å². The number of anilines is 1. The van der Waals surface area contributed by atoms with Gasteiger partial charge < -0.3 is 9.80 Å². The number of rotatable bonds is 4. The van der Waals surface area contributed by atoms with Gasteiger partial charge in [-0.1, -0.05) is 54.1 Å². The van der Waals surface area contributed by atoms with Crippen molar-refractivity contribution < 1.29 is 9.59 Å². The molecular weight excluding hydrogens is 444 g/mol. The van der Waals surface area contributed by atoms with E-state index in [0.29, 0.717) is 17.1 Å². The van der Waals surface area contributed by atoms with E-state index < -0.39 is 5.41 Å². The summed E-state index contributed by atoms with van der Waals surface area (Å²) >= 11 is 6.09. The summed E-state index contributed by atoms with van der Waals surface area (Å²) in [4.78, 5) is 30.8. The highest BCUT2D eigenvalue weighted by atomic mass is 35.5. The molecule has 6 rings (SSSR count). The van der Waals surface area contributed by atoms with Gasteiger partial charge in [0.15, 0.2) is 0 Å². The highest BCUT2D eigenvalue weighted by Gasteiger charge is 2.67. The maximum atomic E-state index is 13.9. The summed E-state index contributed by atoms with van der Waals surface area (Å²) < 4.78 is 0. The minimum Gasteiger partial charge on any atom is -0.339 e. The molecule has 1 saturated carbocycles. The average molecular weight is 471 g/mol. The molecule has 0 bridgehead atoms. The number of hydrogen-bond acceptors (Lipinski definition) is 2. The van der Waals surface area contributed by atoms with Crippen molar-refractivity contribution in [2.75, 3.05) is 18.0 Å². The standard InChI is InChI=1S/C29H27ClN2O2/c30-23-13-11-21(12-14-23)25-18-29(25)24-9-2-3-10-26(24)32(28(29)34)19-20-7-6-8-22(17-20)27(33)31-15-4-1-5-16-31/h2-3,6-14,17,25H,1,4-5,15-16,18-19H2. The fourth-order valence-electron chi connectivity index (χ4n) is 5.87. The molecule has 0 N–H and O–H groups in total. The molecule has 2 atom stereocenters. The molecule has 3 aliphatic rings. The van der Waals surface area contributed by atoms with Crippen LogP contribution < -0.4 is 4.90 Å². The molecule has 3 aromatic carbocycles. The van der Waals surface area contributed by atoms with Gasteiger partial charge in [-0.25, -0.2) is 0 Å². The summed E-state index contributed by atoms with van der Waals surface area (Å²) in [5.41, 5.74) is 4.44. The Morgan fingerprint density at radius 2 is 1.71 bits per heavy atom. The number of amides is 2. The largest absolute Gasteiger partial charge is 0.339 e. The van der Waals surface area contributed by atoms with Gasteiger partial charge in [-0.05, 0) is 72.7 Å². The van der Waals surface area contributed by atoms with Gasteiger partial charge >= 0.3 is 0 Å². The Balaban J connectivity index is 1.28. The predicted octanol–water partition coefficient (Wildman–Crippen LogP) is 5.94. The van der Waals surface area contributed by atoms with Gasteiger partial charge in [0, 0.05) is 35.3 Å². The zero-order valence-corrected chi connectivity index (χ0v) is 19.8. The molecule has 0 radical (unpaired) electrons. The number of carbonyl (C=O) groups is 2. The van der Waals surface area contributed by atoms with Crippen molar-refractivity contribution in [1.29, 1.82) is 0 Å². The van der Waals surface area contributed by atoms with Crippen LogP contribution in [0.3, 0.4) is 0 Å². The first-order valence-corrected chi connectivity index (χ1v) is 12.5. The number of hydrogen-bond donors (Lipinski definition) is 0. The van der Waals surface area contributed by atoms with Crippen LogP contribution in [0.2, 0.25) is 5.02 Å². The van der Waals surface area contributed by atoms with Crippen LogP contribution in [-0.2, 0) is 16.8 Å². The molecule has 2 amide bonds. The first kappa shape index (κ1) is 21.4. The molecule has 172 valence electrons. The molecule has 1 saturated heterocycles. The minimum atomic E-state index is -0.494. The van der Waals surface area contributed by atoms with E-state index >= 15 is 0 Å². The number of piperidine rings is 1. The second-order valence-electron chi connectivity index (χ2n) is 9.74. The monoisotopic (exact) mass is 470 g/mol. The van der Waals surface area contributed by atoms with E-state index in [2.05, 4.69) is 6.07 Å². The van der Waals surface area contributed by atoms with E-state index in [0.717, 1.165) is 54.7 Å². The molecule has 2 unspecified atom stereocenters. The molecule has 34 heavy (non-hydrogen) atoms. The van der Waals surface area contributed by atoms with Crippen molar-refractivity contribution in [3.63, 3.8) is 0 Å². The predicted molar refractivity (Wildman–Crippen MR) is 134 cm³/mol. The normalized spacial score (nSPS) is 23.3. The maximum Gasteiger partial charge on any atom is 0.253 e. The number of likely N-dealkylation sites (tertiary alicyclic amines) is 1. The van der Waals surface area contributed by atoms with E-state index in [4.69, 9.17) is 11.6 Å².